The van der Waals surface area contributed by atoms with E-state index >= 15 is 0 Å². The van der Waals surface area contributed by atoms with E-state index in [0.717, 1.165) is 47.8 Å². The zero-order valence-electron chi connectivity index (χ0n) is 13.4. The maximum atomic E-state index is 10.9. The zero-order valence-corrected chi connectivity index (χ0v) is 14.2. The van der Waals surface area contributed by atoms with E-state index in [1.807, 2.05) is 25.1 Å². The molecule has 1 unspecified atom stereocenters. The van der Waals surface area contributed by atoms with Crippen LogP contribution in [0.3, 0.4) is 0 Å². The van der Waals surface area contributed by atoms with E-state index in [4.69, 9.17) is 17.3 Å². The fourth-order valence-electron chi connectivity index (χ4n) is 3.60. The predicted octanol–water partition coefficient (Wildman–Crippen LogP) is 4.47. The van der Waals surface area contributed by atoms with Crippen LogP contribution in [0.1, 0.15) is 56.8 Å². The van der Waals surface area contributed by atoms with Crippen LogP contribution in [0, 0.1) is 24.2 Å². The van der Waals surface area contributed by atoms with Crippen molar-refractivity contribution in [1.82, 2.24) is 0 Å². The second-order valence-corrected chi connectivity index (χ2v) is 7.47. The van der Waals surface area contributed by atoms with E-state index in [-0.39, 0.29) is 5.41 Å². The lowest BCUT2D eigenvalue weighted by Gasteiger charge is -2.44. The molecule has 0 saturated heterocycles. The average Bonchev–Trinajstić information content (AvgIpc) is 2.49. The van der Waals surface area contributed by atoms with Crippen molar-refractivity contribution < 1.29 is 5.11 Å². The summed E-state index contributed by atoms with van der Waals surface area (Å²) in [5, 5.41) is 11.6. The lowest BCUT2D eigenvalue weighted by atomic mass is 9.64. The highest BCUT2D eigenvalue weighted by Crippen LogP contribution is 2.48. The first-order chi connectivity index (χ1) is 9.89. The van der Waals surface area contributed by atoms with Gasteiger partial charge in [0.25, 0.3) is 0 Å². The van der Waals surface area contributed by atoms with E-state index in [1.54, 1.807) is 0 Å². The SMILES string of the molecule is Cc1ccc(C(O)C2(CN)CCC(C(C)C)CC2)cc1Cl. The quantitative estimate of drug-likeness (QED) is 0.861. The Bertz CT molecular complexity index is 478. The summed E-state index contributed by atoms with van der Waals surface area (Å²) >= 11 is 6.21. The Labute approximate surface area is 133 Å². The molecule has 1 aromatic rings. The second-order valence-electron chi connectivity index (χ2n) is 7.06. The molecular weight excluding hydrogens is 282 g/mol. The van der Waals surface area contributed by atoms with Gasteiger partial charge in [0.1, 0.15) is 0 Å². The maximum Gasteiger partial charge on any atom is 0.0858 e. The minimum Gasteiger partial charge on any atom is -0.388 e. The van der Waals surface area contributed by atoms with Crippen LogP contribution < -0.4 is 5.73 Å². The number of rotatable bonds is 4. The molecule has 118 valence electrons. The molecule has 1 atom stereocenters. The summed E-state index contributed by atoms with van der Waals surface area (Å²) in [5.41, 5.74) is 7.82. The van der Waals surface area contributed by atoms with Crippen molar-refractivity contribution in [3.05, 3.63) is 34.3 Å². The van der Waals surface area contributed by atoms with Gasteiger partial charge in [-0.3, -0.25) is 0 Å². The van der Waals surface area contributed by atoms with Crippen molar-refractivity contribution in [2.75, 3.05) is 6.54 Å². The molecule has 0 spiro atoms. The van der Waals surface area contributed by atoms with Crippen LogP contribution in [0.5, 0.6) is 0 Å². The summed E-state index contributed by atoms with van der Waals surface area (Å²) in [4.78, 5) is 0. The Balaban J connectivity index is 2.18. The molecule has 1 fully saturated rings. The first kappa shape index (κ1) is 16.8. The molecule has 0 heterocycles. The maximum absolute atomic E-state index is 10.9. The Morgan fingerprint density at radius 3 is 2.43 bits per heavy atom. The molecule has 3 N–H and O–H groups in total. The van der Waals surface area contributed by atoms with Gasteiger partial charge in [-0.15, -0.1) is 0 Å². The van der Waals surface area contributed by atoms with Crippen molar-refractivity contribution in [3.63, 3.8) is 0 Å². The van der Waals surface area contributed by atoms with Crippen LogP contribution in [-0.2, 0) is 0 Å². The van der Waals surface area contributed by atoms with Crippen molar-refractivity contribution in [3.8, 4) is 0 Å². The van der Waals surface area contributed by atoms with Gasteiger partial charge in [0, 0.05) is 17.0 Å². The van der Waals surface area contributed by atoms with Gasteiger partial charge in [0.05, 0.1) is 6.10 Å². The van der Waals surface area contributed by atoms with Gasteiger partial charge in [-0.05, 0) is 61.6 Å². The summed E-state index contributed by atoms with van der Waals surface area (Å²) in [7, 11) is 0. The fraction of sp³-hybridized carbons (Fsp3) is 0.667. The number of aliphatic hydroxyl groups excluding tert-OH is 1. The summed E-state index contributed by atoms with van der Waals surface area (Å²) in [6.07, 6.45) is 3.79. The molecule has 1 saturated carbocycles. The van der Waals surface area contributed by atoms with Crippen LogP contribution >= 0.6 is 11.6 Å². The Morgan fingerprint density at radius 1 is 1.33 bits per heavy atom. The molecule has 0 amide bonds. The lowest BCUT2D eigenvalue weighted by molar-refractivity contribution is -0.0148. The van der Waals surface area contributed by atoms with E-state index in [9.17, 15) is 5.11 Å². The second kappa shape index (κ2) is 6.68. The number of benzene rings is 1. The molecule has 1 aromatic carbocycles. The van der Waals surface area contributed by atoms with Crippen LogP contribution in [0.2, 0.25) is 5.02 Å². The molecule has 1 aliphatic carbocycles. The smallest absolute Gasteiger partial charge is 0.0858 e. The molecule has 0 aromatic heterocycles. The van der Waals surface area contributed by atoms with Gasteiger partial charge in [-0.25, -0.2) is 0 Å². The normalized spacial score (nSPS) is 27.9. The fourth-order valence-corrected chi connectivity index (χ4v) is 3.79. The zero-order chi connectivity index (χ0) is 15.6. The van der Waals surface area contributed by atoms with Crippen molar-refractivity contribution in [2.24, 2.45) is 23.0 Å². The third-order valence-corrected chi connectivity index (χ3v) is 5.87. The van der Waals surface area contributed by atoms with Crippen molar-refractivity contribution in [2.45, 2.75) is 52.6 Å². The lowest BCUT2D eigenvalue weighted by Crippen LogP contribution is -2.40. The molecule has 1 aliphatic rings. The number of hydrogen-bond donors (Lipinski definition) is 2. The van der Waals surface area contributed by atoms with Gasteiger partial charge in [-0.2, -0.15) is 0 Å². The monoisotopic (exact) mass is 309 g/mol. The van der Waals surface area contributed by atoms with E-state index in [2.05, 4.69) is 13.8 Å². The number of aliphatic hydroxyl groups is 1. The standard InChI is InChI=1S/C18H28ClNO/c1-12(2)14-6-8-18(11-20,9-7-14)17(21)15-5-4-13(3)16(19)10-15/h4-5,10,12,14,17,21H,6-9,11,20H2,1-3H3. The van der Waals surface area contributed by atoms with Gasteiger partial charge in [0.2, 0.25) is 0 Å². The number of nitrogens with two attached hydrogens (primary N) is 1. The van der Waals surface area contributed by atoms with Gasteiger partial charge in [-0.1, -0.05) is 37.6 Å². The Morgan fingerprint density at radius 2 is 1.95 bits per heavy atom. The number of halogens is 1. The highest BCUT2D eigenvalue weighted by Gasteiger charge is 2.41. The molecule has 2 rings (SSSR count). The van der Waals surface area contributed by atoms with Crippen molar-refractivity contribution >= 4 is 11.6 Å². The van der Waals surface area contributed by atoms with E-state index in [0.29, 0.717) is 12.5 Å². The van der Waals surface area contributed by atoms with Crippen LogP contribution in [0.15, 0.2) is 18.2 Å². The Hall–Kier alpha value is -0.570. The summed E-state index contributed by atoms with van der Waals surface area (Å²) < 4.78 is 0. The van der Waals surface area contributed by atoms with Crippen LogP contribution in [0.4, 0.5) is 0 Å². The van der Waals surface area contributed by atoms with Gasteiger partial charge < -0.3 is 10.8 Å². The highest BCUT2D eigenvalue weighted by molar-refractivity contribution is 6.31. The average molecular weight is 310 g/mol. The molecule has 21 heavy (non-hydrogen) atoms. The van der Waals surface area contributed by atoms with Gasteiger partial charge in [0.15, 0.2) is 0 Å². The third kappa shape index (κ3) is 3.44. The highest BCUT2D eigenvalue weighted by atomic mass is 35.5. The predicted molar refractivity (Wildman–Crippen MR) is 89.4 cm³/mol. The first-order valence-corrected chi connectivity index (χ1v) is 8.41. The summed E-state index contributed by atoms with van der Waals surface area (Å²) in [6.45, 7) is 7.09. The molecule has 0 radical (unpaired) electrons. The van der Waals surface area contributed by atoms with Crippen molar-refractivity contribution in [1.29, 1.82) is 0 Å². The van der Waals surface area contributed by atoms with Crippen LogP contribution in [0.25, 0.3) is 0 Å². The molecule has 3 heteroatoms. The van der Waals surface area contributed by atoms with Crippen LogP contribution in [-0.4, -0.2) is 11.7 Å². The number of aryl methyl sites for hydroxylation is 1. The third-order valence-electron chi connectivity index (χ3n) is 5.47. The minimum atomic E-state index is -0.520. The Kier molecular flexibility index (Phi) is 5.34. The number of hydrogen-bond acceptors (Lipinski definition) is 2. The van der Waals surface area contributed by atoms with Gasteiger partial charge >= 0.3 is 0 Å². The molecule has 0 aliphatic heterocycles. The summed E-state index contributed by atoms with van der Waals surface area (Å²) in [6, 6.07) is 5.86. The largest absolute Gasteiger partial charge is 0.388 e. The minimum absolute atomic E-state index is 0.190. The van der Waals surface area contributed by atoms with E-state index < -0.39 is 6.10 Å². The summed E-state index contributed by atoms with van der Waals surface area (Å²) in [5.74, 6) is 1.48. The van der Waals surface area contributed by atoms with E-state index in [1.165, 1.54) is 0 Å². The first-order valence-electron chi connectivity index (χ1n) is 8.04. The molecular formula is C18H28ClNO. The molecule has 2 nitrogen and oxygen atoms in total. The topological polar surface area (TPSA) is 46.2 Å². The molecule has 0 bridgehead atoms.